The highest BCUT2D eigenvalue weighted by molar-refractivity contribution is 7.89. The number of nitrogens with one attached hydrogen (secondary N) is 1. The van der Waals surface area contributed by atoms with Crippen LogP contribution in [0.15, 0.2) is 76.0 Å². The molecular formula is C26H24N4O4S. The fraction of sp³-hybridized carbons (Fsp3) is 0.192. The Morgan fingerprint density at radius 1 is 0.971 bits per heavy atom. The number of carbonyl (C=O) groups is 1. The van der Waals surface area contributed by atoms with Crippen LogP contribution < -0.4 is 5.32 Å². The van der Waals surface area contributed by atoms with E-state index in [0.717, 1.165) is 22.3 Å². The van der Waals surface area contributed by atoms with E-state index in [-0.39, 0.29) is 16.5 Å². The predicted molar refractivity (Wildman–Crippen MR) is 131 cm³/mol. The quantitative estimate of drug-likeness (QED) is 0.448. The minimum Gasteiger partial charge on any atom is -0.403 e. The van der Waals surface area contributed by atoms with Crippen molar-refractivity contribution in [3.63, 3.8) is 0 Å². The number of sulfonamides is 1. The Hall–Kier alpha value is -3.82. The number of fused-ring (bicyclic) bond motifs is 1. The maximum absolute atomic E-state index is 13.1. The molecule has 1 aromatic heterocycles. The van der Waals surface area contributed by atoms with Crippen molar-refractivity contribution in [1.82, 2.24) is 14.5 Å². The number of aromatic nitrogens is 2. The number of anilines is 1. The first-order chi connectivity index (χ1) is 16.8. The number of carbonyl (C=O) groups excluding carboxylic acids is 1. The van der Waals surface area contributed by atoms with Gasteiger partial charge in [0.25, 0.3) is 5.91 Å². The van der Waals surface area contributed by atoms with Crippen molar-refractivity contribution < 1.29 is 17.6 Å². The van der Waals surface area contributed by atoms with Gasteiger partial charge in [0, 0.05) is 24.2 Å². The molecule has 35 heavy (non-hydrogen) atoms. The monoisotopic (exact) mass is 488 g/mol. The van der Waals surface area contributed by atoms with Crippen LogP contribution in [0.5, 0.6) is 0 Å². The Kier molecular flexibility index (Phi) is 5.96. The van der Waals surface area contributed by atoms with Crippen molar-refractivity contribution in [3.05, 3.63) is 94.5 Å². The largest absolute Gasteiger partial charge is 0.403 e. The van der Waals surface area contributed by atoms with Crippen molar-refractivity contribution in [3.8, 4) is 11.5 Å². The van der Waals surface area contributed by atoms with E-state index in [4.69, 9.17) is 4.42 Å². The number of rotatable bonds is 5. The molecular weight excluding hydrogens is 464 g/mol. The van der Waals surface area contributed by atoms with Crippen LogP contribution in [0.2, 0.25) is 0 Å². The van der Waals surface area contributed by atoms with Crippen molar-refractivity contribution in [2.75, 3.05) is 11.9 Å². The molecule has 1 aliphatic rings. The summed E-state index contributed by atoms with van der Waals surface area (Å²) in [4.78, 5) is 12.8. The third-order valence-corrected chi connectivity index (χ3v) is 7.97. The third kappa shape index (κ3) is 4.60. The Morgan fingerprint density at radius 3 is 2.46 bits per heavy atom. The van der Waals surface area contributed by atoms with E-state index in [1.165, 1.54) is 34.1 Å². The Balaban J connectivity index is 1.28. The highest BCUT2D eigenvalue weighted by Crippen LogP contribution is 2.26. The van der Waals surface area contributed by atoms with Crippen molar-refractivity contribution in [2.45, 2.75) is 31.7 Å². The number of hydrogen-bond donors (Lipinski definition) is 1. The van der Waals surface area contributed by atoms with Gasteiger partial charge in [0.05, 0.1) is 4.90 Å². The Morgan fingerprint density at radius 2 is 1.71 bits per heavy atom. The van der Waals surface area contributed by atoms with Gasteiger partial charge in [0.15, 0.2) is 0 Å². The number of amides is 1. The van der Waals surface area contributed by atoms with Crippen molar-refractivity contribution in [2.24, 2.45) is 0 Å². The molecule has 0 spiro atoms. The number of nitrogens with zero attached hydrogens (tertiary/aromatic N) is 3. The van der Waals surface area contributed by atoms with Crippen LogP contribution in [-0.2, 0) is 23.0 Å². The van der Waals surface area contributed by atoms with Gasteiger partial charge < -0.3 is 4.42 Å². The summed E-state index contributed by atoms with van der Waals surface area (Å²) in [6.07, 6.45) is 0.671. The zero-order valence-corrected chi connectivity index (χ0v) is 20.2. The Bertz CT molecular complexity index is 1510. The number of aryl methyl sites for hydroxylation is 2. The van der Waals surface area contributed by atoms with Crippen LogP contribution in [0, 0.1) is 13.8 Å². The lowest BCUT2D eigenvalue weighted by molar-refractivity contribution is 0.102. The second-order valence-corrected chi connectivity index (χ2v) is 10.5. The lowest BCUT2D eigenvalue weighted by Gasteiger charge is -2.28. The van der Waals surface area contributed by atoms with Gasteiger partial charge in [-0.1, -0.05) is 47.1 Å². The van der Waals surface area contributed by atoms with Gasteiger partial charge in [-0.2, -0.15) is 4.31 Å². The van der Waals surface area contributed by atoms with Crippen LogP contribution >= 0.6 is 0 Å². The Labute approximate surface area is 203 Å². The van der Waals surface area contributed by atoms with Crippen LogP contribution in [0.3, 0.4) is 0 Å². The summed E-state index contributed by atoms with van der Waals surface area (Å²) in [5, 5.41) is 10.5. The summed E-state index contributed by atoms with van der Waals surface area (Å²) >= 11 is 0. The molecule has 0 aliphatic carbocycles. The lowest BCUT2D eigenvalue weighted by atomic mass is 10.0. The molecule has 0 fully saturated rings. The fourth-order valence-corrected chi connectivity index (χ4v) is 5.63. The van der Waals surface area contributed by atoms with Gasteiger partial charge in [0.1, 0.15) is 0 Å². The average molecular weight is 489 g/mol. The molecule has 1 aliphatic heterocycles. The second-order valence-electron chi connectivity index (χ2n) is 8.57. The van der Waals surface area contributed by atoms with Crippen molar-refractivity contribution >= 4 is 21.9 Å². The van der Waals surface area contributed by atoms with Crippen molar-refractivity contribution in [1.29, 1.82) is 0 Å². The molecule has 1 amide bonds. The lowest BCUT2D eigenvalue weighted by Crippen LogP contribution is -2.35. The molecule has 5 rings (SSSR count). The highest BCUT2D eigenvalue weighted by atomic mass is 32.2. The highest BCUT2D eigenvalue weighted by Gasteiger charge is 2.28. The summed E-state index contributed by atoms with van der Waals surface area (Å²) in [5.41, 5.74) is 5.36. The standard InChI is InChI=1S/C26H24N4O4S/c1-17-7-12-23(18(2)15-17)25-28-29-26(34-25)27-24(31)20-8-10-22(11-9-20)35(32,33)30-14-13-19-5-3-4-6-21(19)16-30/h3-12,15H,13-14,16H2,1-2H3,(H,27,29,31). The van der Waals surface area contributed by atoms with Crippen LogP contribution in [-0.4, -0.2) is 35.4 Å². The summed E-state index contributed by atoms with van der Waals surface area (Å²) in [6, 6.07) is 19.5. The molecule has 0 saturated heterocycles. The van der Waals surface area contributed by atoms with Gasteiger partial charge in [-0.25, -0.2) is 8.42 Å². The zero-order chi connectivity index (χ0) is 24.6. The molecule has 2 heterocycles. The first-order valence-corrected chi connectivity index (χ1v) is 12.6. The molecule has 0 unspecified atom stereocenters. The smallest absolute Gasteiger partial charge is 0.322 e. The second kappa shape index (κ2) is 9.09. The number of hydrogen-bond acceptors (Lipinski definition) is 6. The van der Waals surface area contributed by atoms with E-state index in [0.29, 0.717) is 25.4 Å². The summed E-state index contributed by atoms with van der Waals surface area (Å²) in [5.74, 6) is -0.168. The normalized spacial score (nSPS) is 13.9. The van der Waals surface area contributed by atoms with E-state index in [1.54, 1.807) is 0 Å². The molecule has 9 heteroatoms. The van der Waals surface area contributed by atoms with Gasteiger partial charge >= 0.3 is 6.01 Å². The minimum atomic E-state index is -3.68. The topological polar surface area (TPSA) is 105 Å². The maximum Gasteiger partial charge on any atom is 0.322 e. The first-order valence-electron chi connectivity index (χ1n) is 11.2. The molecule has 8 nitrogen and oxygen atoms in total. The summed E-state index contributed by atoms with van der Waals surface area (Å²) in [7, 11) is -3.68. The van der Waals surface area contributed by atoms with Crippen LogP contribution in [0.1, 0.15) is 32.6 Å². The van der Waals surface area contributed by atoms with Gasteiger partial charge in [-0.3, -0.25) is 10.1 Å². The van der Waals surface area contributed by atoms with Gasteiger partial charge in [0.2, 0.25) is 15.9 Å². The molecule has 0 radical (unpaired) electrons. The molecule has 178 valence electrons. The van der Waals surface area contributed by atoms with Crippen LogP contribution in [0.4, 0.5) is 6.01 Å². The van der Waals surface area contributed by atoms with E-state index < -0.39 is 15.9 Å². The third-order valence-electron chi connectivity index (χ3n) is 6.11. The zero-order valence-electron chi connectivity index (χ0n) is 19.4. The number of benzene rings is 3. The van der Waals surface area contributed by atoms with E-state index in [1.807, 2.05) is 56.3 Å². The van der Waals surface area contributed by atoms with Gasteiger partial charge in [-0.05, 0) is 67.3 Å². The SMILES string of the molecule is Cc1ccc(-c2nnc(NC(=O)c3ccc(S(=O)(=O)N4CCc5ccccc5C4)cc3)o2)c(C)c1. The molecule has 0 atom stereocenters. The molecule has 4 aromatic rings. The van der Waals surface area contributed by atoms with E-state index >= 15 is 0 Å². The maximum atomic E-state index is 13.1. The first kappa shape index (κ1) is 22.9. The average Bonchev–Trinajstić information content (AvgIpc) is 3.31. The molecule has 3 aromatic carbocycles. The molecule has 0 saturated carbocycles. The minimum absolute atomic E-state index is 0.0337. The molecule has 1 N–H and O–H groups in total. The summed E-state index contributed by atoms with van der Waals surface area (Å²) in [6.45, 7) is 4.70. The van der Waals surface area contributed by atoms with E-state index in [9.17, 15) is 13.2 Å². The van der Waals surface area contributed by atoms with Gasteiger partial charge in [-0.15, -0.1) is 5.10 Å². The van der Waals surface area contributed by atoms with Crippen LogP contribution in [0.25, 0.3) is 11.5 Å². The predicted octanol–water partition coefficient (Wildman–Crippen LogP) is 4.35. The molecule has 0 bridgehead atoms. The fourth-order valence-electron chi connectivity index (χ4n) is 4.21. The van der Waals surface area contributed by atoms with E-state index in [2.05, 4.69) is 15.5 Å². The summed E-state index contributed by atoms with van der Waals surface area (Å²) < 4.78 is 33.4.